The largest absolute Gasteiger partial charge is 0.372 e. The van der Waals surface area contributed by atoms with Gasteiger partial charge in [0.1, 0.15) is 0 Å². The third-order valence-corrected chi connectivity index (χ3v) is 2.87. The van der Waals surface area contributed by atoms with Gasteiger partial charge in [-0.3, -0.25) is 9.35 Å². The molecule has 6 heteroatoms. The second-order valence-electron chi connectivity index (χ2n) is 3.12. The van der Waals surface area contributed by atoms with Crippen LogP contribution >= 0.6 is 0 Å². The molecule has 0 radical (unpaired) electrons. The van der Waals surface area contributed by atoms with Gasteiger partial charge in [-0.15, -0.1) is 0 Å². The number of benzene rings is 2. The quantitative estimate of drug-likeness (QED) is 0.589. The van der Waals surface area contributed by atoms with Crippen molar-refractivity contribution in [1.29, 1.82) is 0 Å². The van der Waals surface area contributed by atoms with Crippen LogP contribution in [0.1, 0.15) is 0 Å². The van der Waals surface area contributed by atoms with Crippen LogP contribution in [0.2, 0.25) is 0 Å². The Bertz CT molecular complexity index is 622. The van der Waals surface area contributed by atoms with E-state index in [0.717, 1.165) is 10.8 Å². The maximum atomic E-state index is 10.8. The molecular formula is C11H11NO4S. The Labute approximate surface area is 98.6 Å². The second-order valence-corrected chi connectivity index (χ2v) is 4.54. The molecule has 0 aliphatic rings. The summed E-state index contributed by atoms with van der Waals surface area (Å²) in [6, 6.07) is 11.9. The van der Waals surface area contributed by atoms with E-state index in [1.54, 1.807) is 12.1 Å². The zero-order valence-corrected chi connectivity index (χ0v) is 9.59. The number of primary amides is 1. The van der Waals surface area contributed by atoms with Gasteiger partial charge in [0.05, 0.1) is 4.90 Å². The summed E-state index contributed by atoms with van der Waals surface area (Å²) in [6.07, 6.45) is 0.250. The lowest BCUT2D eigenvalue weighted by Gasteiger charge is -1.99. The molecule has 0 heterocycles. The number of carbonyl (C=O) groups excluding carboxylic acids is 1. The number of rotatable bonds is 1. The first-order chi connectivity index (χ1) is 7.99. The van der Waals surface area contributed by atoms with Gasteiger partial charge in [0.25, 0.3) is 10.1 Å². The first kappa shape index (κ1) is 13.1. The van der Waals surface area contributed by atoms with Crippen molar-refractivity contribution >= 4 is 27.3 Å². The monoisotopic (exact) mass is 253 g/mol. The molecule has 2 rings (SSSR count). The summed E-state index contributed by atoms with van der Waals surface area (Å²) in [5, 5.41) is 1.74. The number of hydrogen-bond acceptors (Lipinski definition) is 3. The lowest BCUT2D eigenvalue weighted by Crippen LogP contribution is -1.97. The first-order valence-corrected chi connectivity index (χ1v) is 6.04. The van der Waals surface area contributed by atoms with E-state index in [1.807, 2.05) is 18.2 Å². The lowest BCUT2D eigenvalue weighted by atomic mass is 10.1. The fourth-order valence-electron chi connectivity index (χ4n) is 1.33. The molecule has 3 N–H and O–H groups in total. The number of fused-ring (bicyclic) bond motifs is 1. The van der Waals surface area contributed by atoms with Crippen LogP contribution in [0, 0.1) is 0 Å². The van der Waals surface area contributed by atoms with Gasteiger partial charge in [-0.25, -0.2) is 0 Å². The molecule has 0 aromatic heterocycles. The van der Waals surface area contributed by atoms with Crippen molar-refractivity contribution < 1.29 is 17.8 Å². The standard InChI is InChI=1S/C10H8O3S.CH3NO/c11-14(12,13)10-6-5-8-3-1-2-4-9(8)7-10;2-1-3/h1-7H,(H,11,12,13);1H,(H2,2,3). The Morgan fingerprint density at radius 3 is 2.12 bits per heavy atom. The molecule has 5 nitrogen and oxygen atoms in total. The molecule has 1 amide bonds. The van der Waals surface area contributed by atoms with Gasteiger partial charge in [0.15, 0.2) is 0 Å². The van der Waals surface area contributed by atoms with Gasteiger partial charge in [-0.05, 0) is 22.9 Å². The van der Waals surface area contributed by atoms with Crippen molar-refractivity contribution in [2.24, 2.45) is 5.73 Å². The molecule has 0 aliphatic carbocycles. The van der Waals surface area contributed by atoms with Crippen LogP contribution in [0.3, 0.4) is 0 Å². The minimum atomic E-state index is -4.09. The third-order valence-electron chi connectivity index (χ3n) is 2.02. The van der Waals surface area contributed by atoms with E-state index < -0.39 is 10.1 Å². The summed E-state index contributed by atoms with van der Waals surface area (Å²) < 4.78 is 30.5. The van der Waals surface area contributed by atoms with E-state index >= 15 is 0 Å². The maximum Gasteiger partial charge on any atom is 0.294 e. The highest BCUT2D eigenvalue weighted by molar-refractivity contribution is 7.85. The Morgan fingerprint density at radius 1 is 1.06 bits per heavy atom. The number of carbonyl (C=O) groups is 1. The first-order valence-electron chi connectivity index (χ1n) is 4.60. The predicted molar refractivity (Wildman–Crippen MR) is 64.0 cm³/mol. The minimum Gasteiger partial charge on any atom is -0.372 e. The van der Waals surface area contributed by atoms with Gasteiger partial charge in [-0.2, -0.15) is 8.42 Å². The normalized spacial score (nSPS) is 10.4. The van der Waals surface area contributed by atoms with E-state index in [9.17, 15) is 8.42 Å². The minimum absolute atomic E-state index is 0.0730. The zero-order valence-electron chi connectivity index (χ0n) is 8.78. The smallest absolute Gasteiger partial charge is 0.294 e. The van der Waals surface area contributed by atoms with E-state index in [2.05, 4.69) is 5.73 Å². The lowest BCUT2D eigenvalue weighted by molar-refractivity contribution is -0.106. The maximum absolute atomic E-state index is 10.8. The average molecular weight is 253 g/mol. The molecule has 0 saturated carbocycles. The highest BCUT2D eigenvalue weighted by Gasteiger charge is 2.08. The molecule has 0 fully saturated rings. The summed E-state index contributed by atoms with van der Waals surface area (Å²) in [5.41, 5.74) is 4.17. The third kappa shape index (κ3) is 3.54. The van der Waals surface area contributed by atoms with Crippen LogP contribution in [0.4, 0.5) is 0 Å². The fraction of sp³-hybridized carbons (Fsp3) is 0. The van der Waals surface area contributed by atoms with Gasteiger partial charge in [0.2, 0.25) is 6.41 Å². The Hall–Kier alpha value is -1.92. The number of amides is 1. The van der Waals surface area contributed by atoms with Crippen molar-refractivity contribution in [3.63, 3.8) is 0 Å². The predicted octanol–water partition coefficient (Wildman–Crippen LogP) is 1.19. The summed E-state index contributed by atoms with van der Waals surface area (Å²) in [7, 11) is -4.09. The van der Waals surface area contributed by atoms with Gasteiger partial charge >= 0.3 is 0 Å². The number of hydrogen-bond donors (Lipinski definition) is 2. The molecule has 0 unspecified atom stereocenters. The second kappa shape index (κ2) is 5.42. The fourth-order valence-corrected chi connectivity index (χ4v) is 1.84. The zero-order chi connectivity index (χ0) is 12.9. The number of nitrogens with two attached hydrogens (primary N) is 1. The van der Waals surface area contributed by atoms with Crippen LogP contribution in [0.25, 0.3) is 10.8 Å². The van der Waals surface area contributed by atoms with E-state index in [0.29, 0.717) is 0 Å². The summed E-state index contributed by atoms with van der Waals surface area (Å²) >= 11 is 0. The molecule has 90 valence electrons. The van der Waals surface area contributed by atoms with E-state index in [-0.39, 0.29) is 11.3 Å². The molecule has 0 aliphatic heterocycles. The van der Waals surface area contributed by atoms with Crippen molar-refractivity contribution in [1.82, 2.24) is 0 Å². The van der Waals surface area contributed by atoms with Crippen molar-refractivity contribution in [2.45, 2.75) is 4.90 Å². The van der Waals surface area contributed by atoms with Crippen molar-refractivity contribution in [2.75, 3.05) is 0 Å². The summed E-state index contributed by atoms with van der Waals surface area (Å²) in [4.78, 5) is 8.51. The molecule has 0 bridgehead atoms. The molecule has 2 aromatic carbocycles. The van der Waals surface area contributed by atoms with Crippen molar-refractivity contribution in [3.8, 4) is 0 Å². The topological polar surface area (TPSA) is 97.5 Å². The van der Waals surface area contributed by atoms with Gasteiger partial charge < -0.3 is 5.73 Å². The molecule has 0 atom stereocenters. The molecule has 0 spiro atoms. The van der Waals surface area contributed by atoms with Crippen LogP contribution in [0.5, 0.6) is 0 Å². The average Bonchev–Trinajstić information content (AvgIpc) is 2.28. The Morgan fingerprint density at radius 2 is 1.59 bits per heavy atom. The molecule has 0 saturated heterocycles. The van der Waals surface area contributed by atoms with Gasteiger partial charge in [-0.1, -0.05) is 30.3 Å². The van der Waals surface area contributed by atoms with E-state index in [1.165, 1.54) is 12.1 Å². The summed E-state index contributed by atoms with van der Waals surface area (Å²) in [5.74, 6) is 0. The van der Waals surface area contributed by atoms with Crippen LogP contribution in [-0.2, 0) is 14.9 Å². The Kier molecular flexibility index (Phi) is 4.19. The SMILES string of the molecule is NC=O.O=S(=O)(O)c1ccc2ccccc2c1. The highest BCUT2D eigenvalue weighted by atomic mass is 32.2. The summed E-state index contributed by atoms with van der Waals surface area (Å²) in [6.45, 7) is 0. The van der Waals surface area contributed by atoms with Crippen LogP contribution < -0.4 is 5.73 Å². The highest BCUT2D eigenvalue weighted by Crippen LogP contribution is 2.18. The molecule has 17 heavy (non-hydrogen) atoms. The van der Waals surface area contributed by atoms with Gasteiger partial charge in [0, 0.05) is 0 Å². The van der Waals surface area contributed by atoms with E-state index in [4.69, 9.17) is 9.35 Å². The van der Waals surface area contributed by atoms with Crippen LogP contribution in [0.15, 0.2) is 47.4 Å². The molecular weight excluding hydrogens is 242 g/mol. The molecule has 2 aromatic rings. The van der Waals surface area contributed by atoms with Crippen molar-refractivity contribution in [3.05, 3.63) is 42.5 Å². The van der Waals surface area contributed by atoms with Crippen LogP contribution in [-0.4, -0.2) is 19.4 Å². The Balaban J connectivity index is 0.000000437.